The van der Waals surface area contributed by atoms with Crippen LogP contribution in [0.2, 0.25) is 0 Å². The summed E-state index contributed by atoms with van der Waals surface area (Å²) in [5.41, 5.74) is -4.25. The molecule has 238 valence electrons. The Hall–Kier alpha value is -1.77. The molecular weight excluding hydrogens is 556 g/mol. The maximum absolute atomic E-state index is 13.9. The Morgan fingerprint density at radius 1 is 0.905 bits per heavy atom. The molecule has 1 aliphatic heterocycles. The lowest BCUT2D eigenvalue weighted by Gasteiger charge is -2.41. The predicted octanol–water partition coefficient (Wildman–Crippen LogP) is 6.43. The molecule has 8 unspecified atom stereocenters. The van der Waals surface area contributed by atoms with Crippen LogP contribution in [0, 0.1) is 39.9 Å². The van der Waals surface area contributed by atoms with E-state index in [1.54, 1.807) is 48.5 Å². The molecule has 0 aromatic heterocycles. The number of carbonyl (C=O) groups is 4. The van der Waals surface area contributed by atoms with Gasteiger partial charge in [0.2, 0.25) is 0 Å². The number of esters is 3. The number of carboxylic acids is 1. The van der Waals surface area contributed by atoms with Crippen LogP contribution in [0.1, 0.15) is 113 Å². The quantitative estimate of drug-likeness (QED) is 0.209. The predicted molar refractivity (Wildman–Crippen MR) is 161 cm³/mol. The highest BCUT2D eigenvalue weighted by atomic mass is 32.2. The van der Waals surface area contributed by atoms with Crippen LogP contribution >= 0.6 is 11.8 Å². The van der Waals surface area contributed by atoms with Crippen LogP contribution < -0.4 is 0 Å². The number of ether oxygens (including phenoxy) is 3. The van der Waals surface area contributed by atoms with Gasteiger partial charge in [-0.05, 0) is 92.9 Å². The van der Waals surface area contributed by atoms with Crippen molar-refractivity contribution >= 4 is 35.6 Å². The second-order valence-corrected chi connectivity index (χ2v) is 17.1. The number of aliphatic carboxylic acids is 1. The van der Waals surface area contributed by atoms with Crippen molar-refractivity contribution in [3.05, 3.63) is 0 Å². The van der Waals surface area contributed by atoms with Crippen LogP contribution in [0.4, 0.5) is 0 Å². The minimum absolute atomic E-state index is 0.00188. The van der Waals surface area contributed by atoms with E-state index in [-0.39, 0.29) is 53.8 Å². The van der Waals surface area contributed by atoms with Crippen molar-refractivity contribution < 1.29 is 38.5 Å². The zero-order valence-corrected chi connectivity index (χ0v) is 27.6. The average molecular weight is 609 g/mol. The van der Waals surface area contributed by atoms with Gasteiger partial charge in [-0.15, -0.1) is 0 Å². The van der Waals surface area contributed by atoms with Gasteiger partial charge in [-0.25, -0.2) is 0 Å². The van der Waals surface area contributed by atoms with Crippen molar-refractivity contribution in [2.45, 2.75) is 135 Å². The molecule has 1 N–H and O–H groups in total. The molecular formula is C33H52O8S. The molecule has 0 radical (unpaired) electrons. The van der Waals surface area contributed by atoms with Crippen molar-refractivity contribution in [2.75, 3.05) is 6.61 Å². The van der Waals surface area contributed by atoms with Gasteiger partial charge in [-0.3, -0.25) is 19.2 Å². The van der Waals surface area contributed by atoms with E-state index in [1.165, 1.54) is 32.1 Å². The maximum atomic E-state index is 13.9. The van der Waals surface area contributed by atoms with E-state index in [4.69, 9.17) is 14.2 Å². The maximum Gasteiger partial charge on any atom is 0.312 e. The van der Waals surface area contributed by atoms with Gasteiger partial charge in [0.25, 0.3) is 0 Å². The van der Waals surface area contributed by atoms with Gasteiger partial charge < -0.3 is 19.3 Å². The largest absolute Gasteiger partial charge is 0.481 e. The highest BCUT2D eigenvalue weighted by Crippen LogP contribution is 2.60. The molecule has 4 aliphatic rings. The lowest BCUT2D eigenvalue weighted by atomic mass is 9.65. The number of hydrogen-bond acceptors (Lipinski definition) is 8. The van der Waals surface area contributed by atoms with Crippen molar-refractivity contribution in [3.63, 3.8) is 0 Å². The second kappa shape index (κ2) is 12.0. The number of carboxylic acid groups (broad SMARTS) is 1. The smallest absolute Gasteiger partial charge is 0.312 e. The summed E-state index contributed by atoms with van der Waals surface area (Å²) in [7, 11) is 0. The third-order valence-corrected chi connectivity index (χ3v) is 12.2. The van der Waals surface area contributed by atoms with E-state index in [1.807, 2.05) is 18.7 Å². The zero-order chi connectivity index (χ0) is 31.3. The van der Waals surface area contributed by atoms with E-state index in [0.29, 0.717) is 18.3 Å². The van der Waals surface area contributed by atoms with Gasteiger partial charge in [0.05, 0.1) is 28.8 Å². The van der Waals surface area contributed by atoms with Crippen LogP contribution in [0.25, 0.3) is 0 Å². The Morgan fingerprint density at radius 3 is 2.12 bits per heavy atom. The molecule has 0 aromatic carbocycles. The number of cyclic esters (lactones) is 1. The van der Waals surface area contributed by atoms with E-state index >= 15 is 0 Å². The van der Waals surface area contributed by atoms with Crippen LogP contribution in [-0.4, -0.2) is 57.8 Å². The molecule has 3 saturated carbocycles. The summed E-state index contributed by atoms with van der Waals surface area (Å²) in [4.78, 5) is 52.5. The fourth-order valence-electron chi connectivity index (χ4n) is 8.18. The molecule has 4 rings (SSSR count). The Bertz CT molecular complexity index is 1060. The second-order valence-electron chi connectivity index (χ2n) is 15.6. The lowest BCUT2D eigenvalue weighted by Crippen LogP contribution is -2.48. The summed E-state index contributed by atoms with van der Waals surface area (Å²) in [6.07, 6.45) is 6.94. The lowest BCUT2D eigenvalue weighted by molar-refractivity contribution is -0.174. The summed E-state index contributed by atoms with van der Waals surface area (Å²) >= 11 is 1.95. The van der Waals surface area contributed by atoms with E-state index in [2.05, 4.69) is 0 Å². The molecule has 8 atom stereocenters. The summed E-state index contributed by atoms with van der Waals surface area (Å²) in [5.74, 6) is -1.92. The van der Waals surface area contributed by atoms with Gasteiger partial charge >= 0.3 is 23.9 Å². The van der Waals surface area contributed by atoms with E-state index in [0.717, 1.165) is 6.42 Å². The number of thioether (sulfide) groups is 1. The van der Waals surface area contributed by atoms with Crippen molar-refractivity contribution in [1.82, 2.24) is 0 Å². The first-order chi connectivity index (χ1) is 19.4. The molecule has 3 aliphatic carbocycles. The highest BCUT2D eigenvalue weighted by Gasteiger charge is 2.65. The number of carbonyl (C=O) groups excluding carboxylic acids is 3. The molecule has 2 bridgehead atoms. The molecule has 1 heterocycles. The zero-order valence-electron chi connectivity index (χ0n) is 26.8. The Balaban J connectivity index is 1.52. The minimum Gasteiger partial charge on any atom is -0.481 e. The van der Waals surface area contributed by atoms with Crippen LogP contribution in [0.3, 0.4) is 0 Å². The van der Waals surface area contributed by atoms with Crippen molar-refractivity contribution in [2.24, 2.45) is 39.9 Å². The third kappa shape index (κ3) is 6.66. The van der Waals surface area contributed by atoms with Crippen molar-refractivity contribution in [1.29, 1.82) is 0 Å². The van der Waals surface area contributed by atoms with Gasteiger partial charge in [0.1, 0.15) is 11.7 Å². The minimum atomic E-state index is -1.38. The van der Waals surface area contributed by atoms with E-state index in [9.17, 15) is 24.3 Å². The SMILES string of the molecule is CCC(C)(CC(C)(CC(C)(C)C(=O)OC1C2CC(C3COC(=O)C32)C1SC1CCCCC1)C(=O)O)C(=O)OC(C)(C)C. The molecule has 8 nitrogen and oxygen atoms in total. The summed E-state index contributed by atoms with van der Waals surface area (Å²) in [5, 5.41) is 11.1. The monoisotopic (exact) mass is 608 g/mol. The molecule has 1 saturated heterocycles. The molecule has 4 fully saturated rings. The first kappa shape index (κ1) is 33.1. The fourth-order valence-corrected chi connectivity index (χ4v) is 10.2. The van der Waals surface area contributed by atoms with Crippen LogP contribution in [0.5, 0.6) is 0 Å². The normalized spacial score (nSPS) is 32.4. The molecule has 0 aromatic rings. The molecule has 0 amide bonds. The summed E-state index contributed by atoms with van der Waals surface area (Å²) in [6.45, 7) is 14.5. The first-order valence-electron chi connectivity index (χ1n) is 15.9. The van der Waals surface area contributed by atoms with Gasteiger partial charge in [-0.1, -0.05) is 26.2 Å². The van der Waals surface area contributed by atoms with Gasteiger partial charge in [-0.2, -0.15) is 11.8 Å². The Morgan fingerprint density at radius 2 is 1.55 bits per heavy atom. The number of rotatable bonds is 11. The van der Waals surface area contributed by atoms with Crippen LogP contribution in [-0.2, 0) is 33.4 Å². The third-order valence-electron chi connectivity index (χ3n) is 10.4. The average Bonchev–Trinajstić information content (AvgIpc) is 3.55. The standard InChI is InChI=1S/C33H52O8S/c1-9-32(7,29(38)41-30(2,3)4)18-33(8,27(35)36)17-31(5,6)28(37)40-24-21-15-20(22-16-39-26(34)23(21)22)25(24)42-19-13-11-10-12-14-19/h19-25H,9-18H2,1-8H3,(H,35,36). The summed E-state index contributed by atoms with van der Waals surface area (Å²) < 4.78 is 17.5. The topological polar surface area (TPSA) is 116 Å². The Labute approximate surface area is 255 Å². The van der Waals surface area contributed by atoms with Gasteiger partial charge in [0, 0.05) is 22.3 Å². The van der Waals surface area contributed by atoms with Crippen LogP contribution in [0.15, 0.2) is 0 Å². The fraction of sp³-hybridized carbons (Fsp3) is 0.879. The highest BCUT2D eigenvalue weighted by molar-refractivity contribution is 8.00. The molecule has 42 heavy (non-hydrogen) atoms. The Kier molecular flexibility index (Phi) is 9.44. The summed E-state index contributed by atoms with van der Waals surface area (Å²) in [6, 6.07) is 0. The number of hydrogen-bond donors (Lipinski definition) is 1. The van der Waals surface area contributed by atoms with E-state index < -0.39 is 39.8 Å². The molecule has 9 heteroatoms. The first-order valence-corrected chi connectivity index (χ1v) is 16.8. The van der Waals surface area contributed by atoms with Gasteiger partial charge in [0.15, 0.2) is 0 Å². The molecule has 0 spiro atoms. The van der Waals surface area contributed by atoms with Crippen molar-refractivity contribution in [3.8, 4) is 0 Å². The number of fused-ring (bicyclic) bond motifs is 5.